The second kappa shape index (κ2) is 6.45. The summed E-state index contributed by atoms with van der Waals surface area (Å²) in [7, 11) is -0.336. The lowest BCUT2D eigenvalue weighted by molar-refractivity contribution is 0.380. The number of nitrogens with one attached hydrogen (secondary N) is 1. The Kier molecular flexibility index (Phi) is 5.46. The van der Waals surface area contributed by atoms with Gasteiger partial charge in [0.15, 0.2) is 0 Å². The summed E-state index contributed by atoms with van der Waals surface area (Å²) in [5.41, 5.74) is 0.348. The van der Waals surface area contributed by atoms with Crippen LogP contribution in [0.4, 0.5) is 4.39 Å². The molecule has 1 N–H and O–H groups in total. The first-order valence-electron chi connectivity index (χ1n) is 6.25. The molecule has 1 atom stereocenters. The number of sulfonamides is 1. The molecule has 108 valence electrons. The monoisotopic (exact) mass is 288 g/mol. The van der Waals surface area contributed by atoms with Gasteiger partial charge in [-0.3, -0.25) is 0 Å². The van der Waals surface area contributed by atoms with Crippen LogP contribution < -0.4 is 5.32 Å². The van der Waals surface area contributed by atoms with Gasteiger partial charge in [-0.2, -0.15) is 4.31 Å². The highest BCUT2D eigenvalue weighted by molar-refractivity contribution is 7.89. The molecule has 0 fully saturated rings. The fourth-order valence-corrected chi connectivity index (χ4v) is 3.18. The molecule has 1 unspecified atom stereocenters. The molecule has 0 bridgehead atoms. The van der Waals surface area contributed by atoms with Gasteiger partial charge in [0, 0.05) is 25.2 Å². The molecule has 0 aliphatic carbocycles. The Morgan fingerprint density at radius 2 is 2.05 bits per heavy atom. The Labute approximate surface area is 114 Å². The normalized spacial score (nSPS) is 13.8. The third-order valence-electron chi connectivity index (χ3n) is 3.27. The van der Waals surface area contributed by atoms with Gasteiger partial charge in [0.1, 0.15) is 5.82 Å². The third kappa shape index (κ3) is 3.52. The van der Waals surface area contributed by atoms with Crippen molar-refractivity contribution in [3.05, 3.63) is 29.6 Å². The average molecular weight is 288 g/mol. The van der Waals surface area contributed by atoms with Gasteiger partial charge in [0.2, 0.25) is 10.0 Å². The minimum Gasteiger partial charge on any atom is -0.316 e. The molecule has 1 rings (SSSR count). The Morgan fingerprint density at radius 3 is 2.58 bits per heavy atom. The van der Waals surface area contributed by atoms with Gasteiger partial charge in [-0.1, -0.05) is 6.92 Å². The predicted octanol–water partition coefficient (Wildman–Crippen LogP) is 1.96. The molecule has 1 aromatic carbocycles. The van der Waals surface area contributed by atoms with Crippen molar-refractivity contribution in [2.75, 3.05) is 14.1 Å². The Bertz CT molecular complexity index is 531. The van der Waals surface area contributed by atoms with E-state index in [2.05, 4.69) is 5.32 Å². The van der Waals surface area contributed by atoms with E-state index in [0.29, 0.717) is 12.1 Å². The molecule has 0 aliphatic heterocycles. The summed E-state index contributed by atoms with van der Waals surface area (Å²) in [5.74, 6) is -0.403. The van der Waals surface area contributed by atoms with Crippen LogP contribution in [0, 0.1) is 5.82 Å². The summed E-state index contributed by atoms with van der Waals surface area (Å²) in [6.45, 7) is 4.06. The van der Waals surface area contributed by atoms with Gasteiger partial charge in [0.05, 0.1) is 4.90 Å². The van der Waals surface area contributed by atoms with E-state index in [1.807, 2.05) is 13.8 Å². The summed E-state index contributed by atoms with van der Waals surface area (Å²) in [5, 5.41) is 2.82. The molecule has 0 spiro atoms. The topological polar surface area (TPSA) is 49.4 Å². The maximum Gasteiger partial charge on any atom is 0.243 e. The summed E-state index contributed by atoms with van der Waals surface area (Å²) in [6.07, 6.45) is 0.723. The zero-order valence-corrected chi connectivity index (χ0v) is 12.6. The van der Waals surface area contributed by atoms with Crippen molar-refractivity contribution < 1.29 is 12.8 Å². The zero-order valence-electron chi connectivity index (χ0n) is 11.8. The van der Waals surface area contributed by atoms with E-state index in [0.717, 1.165) is 6.42 Å². The van der Waals surface area contributed by atoms with Gasteiger partial charge < -0.3 is 5.32 Å². The van der Waals surface area contributed by atoms with Crippen LogP contribution in [0.5, 0.6) is 0 Å². The molecule has 0 aliphatic rings. The van der Waals surface area contributed by atoms with E-state index in [4.69, 9.17) is 0 Å². The minimum atomic E-state index is -3.57. The Morgan fingerprint density at radius 1 is 1.42 bits per heavy atom. The summed E-state index contributed by atoms with van der Waals surface area (Å²) in [6, 6.07) is 3.80. The van der Waals surface area contributed by atoms with Crippen LogP contribution in [0.1, 0.15) is 25.8 Å². The van der Waals surface area contributed by atoms with Gasteiger partial charge >= 0.3 is 0 Å². The van der Waals surface area contributed by atoms with E-state index < -0.39 is 15.8 Å². The van der Waals surface area contributed by atoms with Gasteiger partial charge in [0.25, 0.3) is 0 Å². The van der Waals surface area contributed by atoms with Crippen molar-refractivity contribution in [3.63, 3.8) is 0 Å². The number of nitrogens with zero attached hydrogens (tertiary/aromatic N) is 1. The predicted molar refractivity (Wildman–Crippen MR) is 73.9 cm³/mol. The van der Waals surface area contributed by atoms with Gasteiger partial charge in [-0.05, 0) is 38.6 Å². The first-order chi connectivity index (χ1) is 8.84. The van der Waals surface area contributed by atoms with Crippen molar-refractivity contribution in [1.29, 1.82) is 0 Å². The van der Waals surface area contributed by atoms with Gasteiger partial charge in [-0.25, -0.2) is 12.8 Å². The first kappa shape index (κ1) is 16.1. The molecule has 4 nitrogen and oxygen atoms in total. The van der Waals surface area contributed by atoms with Crippen LogP contribution in [0.15, 0.2) is 23.1 Å². The quantitative estimate of drug-likeness (QED) is 0.870. The van der Waals surface area contributed by atoms with Crippen molar-refractivity contribution in [1.82, 2.24) is 9.62 Å². The van der Waals surface area contributed by atoms with Crippen LogP contribution in [-0.2, 0) is 16.6 Å². The molecule has 19 heavy (non-hydrogen) atoms. The summed E-state index contributed by atoms with van der Waals surface area (Å²) >= 11 is 0. The van der Waals surface area contributed by atoms with Crippen LogP contribution in [-0.4, -0.2) is 32.9 Å². The van der Waals surface area contributed by atoms with E-state index in [1.54, 1.807) is 14.1 Å². The zero-order chi connectivity index (χ0) is 14.6. The van der Waals surface area contributed by atoms with Crippen LogP contribution in [0.3, 0.4) is 0 Å². The number of hydrogen-bond acceptors (Lipinski definition) is 3. The van der Waals surface area contributed by atoms with E-state index >= 15 is 0 Å². The second-order valence-electron chi connectivity index (χ2n) is 4.56. The fourth-order valence-electron chi connectivity index (χ4n) is 1.70. The smallest absolute Gasteiger partial charge is 0.243 e. The number of rotatable bonds is 6. The highest BCUT2D eigenvalue weighted by Gasteiger charge is 2.25. The fraction of sp³-hybridized carbons (Fsp3) is 0.538. The Hall–Kier alpha value is -0.980. The van der Waals surface area contributed by atoms with E-state index in [9.17, 15) is 12.8 Å². The van der Waals surface area contributed by atoms with Crippen LogP contribution >= 0.6 is 0 Å². The van der Waals surface area contributed by atoms with E-state index in [1.165, 1.54) is 22.5 Å². The van der Waals surface area contributed by atoms with Crippen molar-refractivity contribution in [3.8, 4) is 0 Å². The van der Waals surface area contributed by atoms with E-state index in [-0.39, 0.29) is 10.9 Å². The average Bonchev–Trinajstić information content (AvgIpc) is 2.39. The molecule has 1 aromatic rings. The lowest BCUT2D eigenvalue weighted by Gasteiger charge is -2.23. The molecule has 0 heterocycles. The van der Waals surface area contributed by atoms with Gasteiger partial charge in [-0.15, -0.1) is 0 Å². The third-order valence-corrected chi connectivity index (χ3v) is 5.24. The highest BCUT2D eigenvalue weighted by Crippen LogP contribution is 2.20. The molecule has 0 amide bonds. The number of benzene rings is 1. The molecule has 0 aromatic heterocycles. The van der Waals surface area contributed by atoms with Crippen molar-refractivity contribution >= 4 is 10.0 Å². The molecule has 0 saturated heterocycles. The standard InChI is InChI=1S/C13H21FN2O2S/c1-5-10(2)16(4)19(17,18)12-6-7-13(14)11(8-12)9-15-3/h6-8,10,15H,5,9H2,1-4H3. The maximum atomic E-state index is 13.5. The Balaban J connectivity index is 3.18. The molecular formula is C13H21FN2O2S. The maximum absolute atomic E-state index is 13.5. The highest BCUT2D eigenvalue weighted by atomic mass is 32.2. The number of hydrogen-bond donors (Lipinski definition) is 1. The van der Waals surface area contributed by atoms with Crippen molar-refractivity contribution in [2.24, 2.45) is 0 Å². The SMILES string of the molecule is CCC(C)N(C)S(=O)(=O)c1ccc(F)c(CNC)c1. The first-order valence-corrected chi connectivity index (χ1v) is 7.69. The molecule has 0 saturated carbocycles. The lowest BCUT2D eigenvalue weighted by atomic mass is 10.2. The second-order valence-corrected chi connectivity index (χ2v) is 6.56. The molecule has 6 heteroatoms. The summed E-state index contributed by atoms with van der Waals surface area (Å²) in [4.78, 5) is 0.127. The number of halogens is 1. The minimum absolute atomic E-state index is 0.0946. The van der Waals surface area contributed by atoms with Crippen LogP contribution in [0.25, 0.3) is 0 Å². The molecular weight excluding hydrogens is 267 g/mol. The lowest BCUT2D eigenvalue weighted by Crippen LogP contribution is -2.34. The molecule has 0 radical (unpaired) electrons. The largest absolute Gasteiger partial charge is 0.316 e. The van der Waals surface area contributed by atoms with Crippen molar-refractivity contribution in [2.45, 2.75) is 37.8 Å². The summed E-state index contributed by atoms with van der Waals surface area (Å²) < 4.78 is 39.6. The van der Waals surface area contributed by atoms with Crippen LogP contribution in [0.2, 0.25) is 0 Å².